The van der Waals surface area contributed by atoms with Crippen molar-refractivity contribution in [2.45, 2.75) is 25.3 Å². The number of aryl methyl sites for hydroxylation is 2. The van der Waals surface area contributed by atoms with Crippen LogP contribution in [0.1, 0.15) is 34.7 Å². The molecule has 0 bridgehead atoms. The molecule has 3 rings (SSSR count). The quantitative estimate of drug-likeness (QED) is 0.880. The number of halogens is 2. The number of hydrogen-bond acceptors (Lipinski definition) is 1. The lowest BCUT2D eigenvalue weighted by molar-refractivity contribution is 0.600. The van der Waals surface area contributed by atoms with Crippen molar-refractivity contribution in [1.82, 2.24) is 0 Å². The molecule has 1 atom stereocenters. The smallest absolute Gasteiger partial charge is 0.146 e. The standard InChI is InChI=1S/C16H15ClFN/c17-14-6-2-5-13(15(14)18)16(19)12-8-7-10-3-1-4-11(10)9-12/h2,5-9,16H,1,3-4,19H2. The van der Waals surface area contributed by atoms with Crippen molar-refractivity contribution in [2.75, 3.05) is 0 Å². The predicted octanol–water partition coefficient (Wildman–Crippen LogP) is 4.02. The number of rotatable bonds is 2. The van der Waals surface area contributed by atoms with Crippen LogP contribution in [0.3, 0.4) is 0 Å². The fourth-order valence-corrected chi connectivity index (χ4v) is 2.91. The Bertz CT molecular complexity index is 624. The lowest BCUT2D eigenvalue weighted by atomic mass is 9.96. The molecule has 0 saturated carbocycles. The minimum absolute atomic E-state index is 0.120. The summed E-state index contributed by atoms with van der Waals surface area (Å²) in [7, 11) is 0. The summed E-state index contributed by atoms with van der Waals surface area (Å²) >= 11 is 5.81. The van der Waals surface area contributed by atoms with E-state index in [1.807, 2.05) is 6.07 Å². The summed E-state index contributed by atoms with van der Waals surface area (Å²) in [5.41, 5.74) is 10.3. The van der Waals surface area contributed by atoms with Crippen molar-refractivity contribution in [3.8, 4) is 0 Å². The molecule has 0 spiro atoms. The fourth-order valence-electron chi connectivity index (χ4n) is 2.73. The van der Waals surface area contributed by atoms with Crippen molar-refractivity contribution in [1.29, 1.82) is 0 Å². The molecular weight excluding hydrogens is 261 g/mol. The maximum absolute atomic E-state index is 14.0. The molecule has 1 nitrogen and oxygen atoms in total. The van der Waals surface area contributed by atoms with Gasteiger partial charge in [-0.2, -0.15) is 0 Å². The Balaban J connectivity index is 2.00. The average molecular weight is 276 g/mol. The highest BCUT2D eigenvalue weighted by Gasteiger charge is 2.18. The van der Waals surface area contributed by atoms with Gasteiger partial charge in [0.05, 0.1) is 11.1 Å². The lowest BCUT2D eigenvalue weighted by Gasteiger charge is -2.15. The largest absolute Gasteiger partial charge is 0.320 e. The van der Waals surface area contributed by atoms with Crippen LogP contribution in [0.5, 0.6) is 0 Å². The average Bonchev–Trinajstić information content (AvgIpc) is 2.88. The van der Waals surface area contributed by atoms with Gasteiger partial charge in [-0.1, -0.05) is 41.9 Å². The van der Waals surface area contributed by atoms with Gasteiger partial charge in [0.1, 0.15) is 5.82 Å². The van der Waals surface area contributed by atoms with Crippen LogP contribution in [0.4, 0.5) is 4.39 Å². The Hall–Kier alpha value is -1.38. The van der Waals surface area contributed by atoms with Crippen molar-refractivity contribution in [3.05, 3.63) is 69.5 Å². The molecule has 0 radical (unpaired) electrons. The normalized spacial score (nSPS) is 15.3. The molecule has 0 aromatic heterocycles. The van der Waals surface area contributed by atoms with Crippen LogP contribution in [0.25, 0.3) is 0 Å². The van der Waals surface area contributed by atoms with Crippen molar-refractivity contribution >= 4 is 11.6 Å². The molecule has 0 saturated heterocycles. The molecule has 1 unspecified atom stereocenters. The second-order valence-electron chi connectivity index (χ2n) is 5.00. The van der Waals surface area contributed by atoms with Gasteiger partial charge in [-0.15, -0.1) is 0 Å². The second kappa shape index (κ2) is 4.95. The summed E-state index contributed by atoms with van der Waals surface area (Å²) in [5.74, 6) is -0.419. The van der Waals surface area contributed by atoms with E-state index in [0.717, 1.165) is 18.4 Å². The van der Waals surface area contributed by atoms with Crippen molar-refractivity contribution < 1.29 is 4.39 Å². The van der Waals surface area contributed by atoms with E-state index in [4.69, 9.17) is 17.3 Å². The SMILES string of the molecule is NC(c1ccc2c(c1)CCC2)c1cccc(Cl)c1F. The zero-order valence-electron chi connectivity index (χ0n) is 10.5. The first-order valence-electron chi connectivity index (χ1n) is 6.48. The monoisotopic (exact) mass is 275 g/mol. The molecule has 3 heteroatoms. The molecule has 0 fully saturated rings. The van der Waals surface area contributed by atoms with Crippen LogP contribution in [0, 0.1) is 5.82 Å². The zero-order valence-corrected chi connectivity index (χ0v) is 11.3. The molecular formula is C16H15ClFN. The maximum Gasteiger partial charge on any atom is 0.146 e. The highest BCUT2D eigenvalue weighted by atomic mass is 35.5. The van der Waals surface area contributed by atoms with Crippen LogP contribution in [-0.2, 0) is 12.8 Å². The van der Waals surface area contributed by atoms with Gasteiger partial charge in [-0.3, -0.25) is 0 Å². The summed E-state index contributed by atoms with van der Waals surface area (Å²) in [4.78, 5) is 0. The molecule has 19 heavy (non-hydrogen) atoms. The maximum atomic E-state index is 14.0. The zero-order chi connectivity index (χ0) is 13.4. The topological polar surface area (TPSA) is 26.0 Å². The van der Waals surface area contributed by atoms with Gasteiger partial charge in [0.15, 0.2) is 0 Å². The van der Waals surface area contributed by atoms with E-state index >= 15 is 0 Å². The summed E-state index contributed by atoms with van der Waals surface area (Å²) in [6.45, 7) is 0. The third kappa shape index (κ3) is 2.26. The predicted molar refractivity (Wildman–Crippen MR) is 75.9 cm³/mol. The van der Waals surface area contributed by atoms with Crippen LogP contribution >= 0.6 is 11.6 Å². The van der Waals surface area contributed by atoms with Gasteiger partial charge in [0.25, 0.3) is 0 Å². The number of benzene rings is 2. The summed E-state index contributed by atoms with van der Waals surface area (Å²) in [6, 6.07) is 10.7. The van der Waals surface area contributed by atoms with Gasteiger partial charge >= 0.3 is 0 Å². The van der Waals surface area contributed by atoms with E-state index in [1.165, 1.54) is 23.6 Å². The Kier molecular flexibility index (Phi) is 3.29. The molecule has 2 aromatic carbocycles. The highest BCUT2D eigenvalue weighted by molar-refractivity contribution is 6.30. The molecule has 98 valence electrons. The molecule has 2 aromatic rings. The second-order valence-corrected chi connectivity index (χ2v) is 5.41. The number of nitrogens with two attached hydrogens (primary N) is 1. The van der Waals surface area contributed by atoms with Gasteiger partial charge in [-0.05, 0) is 42.0 Å². The summed E-state index contributed by atoms with van der Waals surface area (Å²) < 4.78 is 14.0. The van der Waals surface area contributed by atoms with Crippen LogP contribution < -0.4 is 5.73 Å². The molecule has 1 aliphatic rings. The molecule has 0 aliphatic heterocycles. The van der Waals surface area contributed by atoms with E-state index in [9.17, 15) is 4.39 Å². The van der Waals surface area contributed by atoms with Gasteiger partial charge < -0.3 is 5.73 Å². The van der Waals surface area contributed by atoms with Crippen molar-refractivity contribution in [3.63, 3.8) is 0 Å². The molecule has 1 aliphatic carbocycles. The van der Waals surface area contributed by atoms with E-state index < -0.39 is 11.9 Å². The van der Waals surface area contributed by atoms with Crippen LogP contribution in [-0.4, -0.2) is 0 Å². The van der Waals surface area contributed by atoms with E-state index in [2.05, 4.69) is 12.1 Å². The Labute approximate surface area is 117 Å². The Morgan fingerprint density at radius 1 is 1.11 bits per heavy atom. The first kappa shape index (κ1) is 12.6. The van der Waals surface area contributed by atoms with Gasteiger partial charge in [-0.25, -0.2) is 4.39 Å². The number of hydrogen-bond donors (Lipinski definition) is 1. The van der Waals surface area contributed by atoms with E-state index in [-0.39, 0.29) is 5.02 Å². The van der Waals surface area contributed by atoms with Gasteiger partial charge in [0.2, 0.25) is 0 Å². The number of fused-ring (bicyclic) bond motifs is 1. The molecule has 0 amide bonds. The Morgan fingerprint density at radius 3 is 2.74 bits per heavy atom. The van der Waals surface area contributed by atoms with Crippen LogP contribution in [0.2, 0.25) is 5.02 Å². The fraction of sp³-hybridized carbons (Fsp3) is 0.250. The first-order valence-corrected chi connectivity index (χ1v) is 6.86. The first-order chi connectivity index (χ1) is 9.16. The highest BCUT2D eigenvalue weighted by Crippen LogP contribution is 2.30. The summed E-state index contributed by atoms with van der Waals surface area (Å²) in [5, 5.41) is 0.120. The van der Waals surface area contributed by atoms with E-state index in [0.29, 0.717) is 5.56 Å². The third-order valence-electron chi connectivity index (χ3n) is 3.80. The third-order valence-corrected chi connectivity index (χ3v) is 4.09. The lowest BCUT2D eigenvalue weighted by Crippen LogP contribution is -2.14. The minimum Gasteiger partial charge on any atom is -0.320 e. The van der Waals surface area contributed by atoms with Crippen LogP contribution in [0.15, 0.2) is 36.4 Å². The van der Waals surface area contributed by atoms with Gasteiger partial charge in [0, 0.05) is 5.56 Å². The molecule has 0 heterocycles. The minimum atomic E-state index is -0.468. The Morgan fingerprint density at radius 2 is 1.89 bits per heavy atom. The summed E-state index contributed by atoms with van der Waals surface area (Å²) in [6.07, 6.45) is 3.42. The molecule has 2 N–H and O–H groups in total. The van der Waals surface area contributed by atoms with Crippen molar-refractivity contribution in [2.24, 2.45) is 5.73 Å². The van der Waals surface area contributed by atoms with E-state index in [1.54, 1.807) is 12.1 Å².